The molecule has 0 bridgehead atoms. The fourth-order valence-electron chi connectivity index (χ4n) is 3.19. The predicted molar refractivity (Wildman–Crippen MR) is 126 cm³/mol. The quantitative estimate of drug-likeness (QED) is 0.403. The Morgan fingerprint density at radius 2 is 1.63 bits per heavy atom. The number of hydrogen-bond acceptors (Lipinski definition) is 3. The molecular weight excluding hydrogens is 390 g/mol. The third-order valence-electron chi connectivity index (χ3n) is 4.84. The van der Waals surface area contributed by atoms with Crippen molar-refractivity contribution in [1.29, 1.82) is 0 Å². The van der Waals surface area contributed by atoms with Crippen LogP contribution in [0.4, 0.5) is 5.82 Å². The van der Waals surface area contributed by atoms with E-state index in [-0.39, 0.29) is 11.3 Å². The van der Waals surface area contributed by atoms with Crippen LogP contribution in [0.2, 0.25) is 0 Å². The Hall–Kier alpha value is -3.05. The highest BCUT2D eigenvalue weighted by Crippen LogP contribution is 2.27. The van der Waals surface area contributed by atoms with Crippen LogP contribution in [-0.2, 0) is 10.2 Å². The lowest BCUT2D eigenvalue weighted by Gasteiger charge is -2.14. The van der Waals surface area contributed by atoms with Crippen LogP contribution >= 0.6 is 11.8 Å². The number of fused-ring (bicyclic) bond motifs is 1. The highest BCUT2D eigenvalue weighted by atomic mass is 32.2. The third kappa shape index (κ3) is 4.57. The average molecular weight is 416 g/mol. The second-order valence-corrected chi connectivity index (χ2v) is 9.31. The first-order valence-electron chi connectivity index (χ1n) is 9.97. The molecule has 4 rings (SSSR count). The number of aromatic nitrogens is 2. The van der Waals surface area contributed by atoms with Gasteiger partial charge in [0, 0.05) is 16.4 Å². The van der Waals surface area contributed by atoms with Crippen molar-refractivity contribution in [3.05, 3.63) is 84.6 Å². The number of amides is 1. The summed E-state index contributed by atoms with van der Waals surface area (Å²) in [5.41, 5.74) is 1.74. The van der Waals surface area contributed by atoms with Crippen molar-refractivity contribution in [2.24, 2.45) is 0 Å². The van der Waals surface area contributed by atoms with E-state index in [4.69, 9.17) is 5.10 Å². The van der Waals surface area contributed by atoms with Crippen LogP contribution in [0.15, 0.2) is 83.8 Å². The Labute approximate surface area is 181 Å². The molecule has 5 heteroatoms. The van der Waals surface area contributed by atoms with Crippen LogP contribution in [-0.4, -0.2) is 21.4 Å². The first kappa shape index (κ1) is 20.2. The number of anilines is 1. The molecule has 0 saturated heterocycles. The Morgan fingerprint density at radius 3 is 2.37 bits per heavy atom. The Kier molecular flexibility index (Phi) is 5.64. The Balaban J connectivity index is 1.51. The van der Waals surface area contributed by atoms with E-state index in [1.54, 1.807) is 4.68 Å². The number of benzene rings is 3. The van der Waals surface area contributed by atoms with E-state index in [1.807, 2.05) is 48.5 Å². The average Bonchev–Trinajstić information content (AvgIpc) is 3.17. The van der Waals surface area contributed by atoms with Gasteiger partial charge < -0.3 is 5.32 Å². The SMILES string of the molecule is CC(C)(C)c1cc(NC(=O)CSc2ccc3ccccc3c2)n(-c2ccccc2)n1. The zero-order chi connectivity index (χ0) is 21.1. The smallest absolute Gasteiger partial charge is 0.235 e. The summed E-state index contributed by atoms with van der Waals surface area (Å²) in [6.45, 7) is 6.35. The third-order valence-corrected chi connectivity index (χ3v) is 5.83. The van der Waals surface area contributed by atoms with Crippen molar-refractivity contribution >= 4 is 34.3 Å². The zero-order valence-corrected chi connectivity index (χ0v) is 18.2. The van der Waals surface area contributed by atoms with Gasteiger partial charge in [0.15, 0.2) is 0 Å². The lowest BCUT2D eigenvalue weighted by Crippen LogP contribution is -2.17. The summed E-state index contributed by atoms with van der Waals surface area (Å²) < 4.78 is 1.80. The molecule has 0 aliphatic heterocycles. The minimum atomic E-state index is -0.112. The lowest BCUT2D eigenvalue weighted by atomic mass is 9.92. The summed E-state index contributed by atoms with van der Waals surface area (Å²) in [4.78, 5) is 13.8. The van der Waals surface area contributed by atoms with Crippen molar-refractivity contribution in [3.63, 3.8) is 0 Å². The minimum absolute atomic E-state index is 0.0503. The summed E-state index contributed by atoms with van der Waals surface area (Å²) >= 11 is 1.53. The second kappa shape index (κ2) is 8.36. The molecule has 0 aliphatic carbocycles. The molecule has 0 unspecified atom stereocenters. The molecule has 0 fully saturated rings. The zero-order valence-electron chi connectivity index (χ0n) is 17.4. The predicted octanol–water partition coefficient (Wildman–Crippen LogP) is 6.05. The van der Waals surface area contributed by atoms with Crippen molar-refractivity contribution in [1.82, 2.24) is 9.78 Å². The molecule has 4 aromatic rings. The van der Waals surface area contributed by atoms with Gasteiger partial charge in [-0.05, 0) is 35.0 Å². The summed E-state index contributed by atoms with van der Waals surface area (Å²) in [5.74, 6) is 0.976. The van der Waals surface area contributed by atoms with Crippen LogP contribution in [0.1, 0.15) is 26.5 Å². The van der Waals surface area contributed by atoms with Gasteiger partial charge in [-0.15, -0.1) is 11.8 Å². The monoisotopic (exact) mass is 415 g/mol. The number of carbonyl (C=O) groups excluding carboxylic acids is 1. The normalized spacial score (nSPS) is 11.6. The molecule has 152 valence electrons. The molecule has 0 atom stereocenters. The maximum absolute atomic E-state index is 12.7. The van der Waals surface area contributed by atoms with Crippen molar-refractivity contribution in [2.45, 2.75) is 31.1 Å². The Bertz CT molecular complexity index is 1180. The van der Waals surface area contributed by atoms with E-state index >= 15 is 0 Å². The number of nitrogens with zero attached hydrogens (tertiary/aromatic N) is 2. The second-order valence-electron chi connectivity index (χ2n) is 8.26. The van der Waals surface area contributed by atoms with E-state index in [0.717, 1.165) is 16.3 Å². The van der Waals surface area contributed by atoms with Crippen LogP contribution < -0.4 is 5.32 Å². The van der Waals surface area contributed by atoms with E-state index in [2.05, 4.69) is 56.4 Å². The molecule has 1 aromatic heterocycles. The molecule has 30 heavy (non-hydrogen) atoms. The van der Waals surface area contributed by atoms with Crippen molar-refractivity contribution in [2.75, 3.05) is 11.1 Å². The first-order valence-corrected chi connectivity index (χ1v) is 11.0. The highest BCUT2D eigenvalue weighted by molar-refractivity contribution is 8.00. The van der Waals surface area contributed by atoms with Crippen LogP contribution in [0, 0.1) is 0 Å². The van der Waals surface area contributed by atoms with Crippen LogP contribution in [0.3, 0.4) is 0 Å². The molecule has 0 radical (unpaired) electrons. The first-order chi connectivity index (χ1) is 14.4. The van der Waals surface area contributed by atoms with Gasteiger partial charge in [-0.2, -0.15) is 5.10 Å². The minimum Gasteiger partial charge on any atom is -0.310 e. The number of thioether (sulfide) groups is 1. The van der Waals surface area contributed by atoms with Gasteiger partial charge in [0.1, 0.15) is 5.82 Å². The largest absolute Gasteiger partial charge is 0.310 e. The molecule has 3 aromatic carbocycles. The summed E-state index contributed by atoms with van der Waals surface area (Å²) in [7, 11) is 0. The van der Waals surface area contributed by atoms with Crippen LogP contribution in [0.5, 0.6) is 0 Å². The number of para-hydroxylation sites is 1. The fraction of sp³-hybridized carbons (Fsp3) is 0.200. The maximum atomic E-state index is 12.7. The van der Waals surface area contributed by atoms with E-state index in [9.17, 15) is 4.79 Å². The number of nitrogens with one attached hydrogen (secondary N) is 1. The molecular formula is C25H25N3OS. The van der Waals surface area contributed by atoms with E-state index in [1.165, 1.54) is 22.5 Å². The number of rotatable bonds is 5. The van der Waals surface area contributed by atoms with Gasteiger partial charge in [-0.1, -0.05) is 69.3 Å². The van der Waals surface area contributed by atoms with Gasteiger partial charge in [0.05, 0.1) is 17.1 Å². The topological polar surface area (TPSA) is 46.9 Å². The molecule has 1 N–H and O–H groups in total. The summed E-state index contributed by atoms with van der Waals surface area (Å²) in [5, 5.41) is 10.2. The Morgan fingerprint density at radius 1 is 0.933 bits per heavy atom. The van der Waals surface area contributed by atoms with Gasteiger partial charge >= 0.3 is 0 Å². The van der Waals surface area contributed by atoms with Crippen molar-refractivity contribution in [3.8, 4) is 5.69 Å². The molecule has 0 saturated carbocycles. The maximum Gasteiger partial charge on any atom is 0.235 e. The number of hydrogen-bond donors (Lipinski definition) is 1. The van der Waals surface area contributed by atoms with Gasteiger partial charge in [-0.3, -0.25) is 4.79 Å². The summed E-state index contributed by atoms with van der Waals surface area (Å²) in [6.07, 6.45) is 0. The standard InChI is InChI=1S/C25H25N3OS/c1-25(2,3)22-16-23(28(27-22)20-11-5-4-6-12-20)26-24(29)17-30-21-14-13-18-9-7-8-10-19(18)15-21/h4-16H,17H2,1-3H3,(H,26,29). The number of carbonyl (C=O) groups is 1. The lowest BCUT2D eigenvalue weighted by molar-refractivity contribution is -0.113. The fourth-order valence-corrected chi connectivity index (χ4v) is 3.93. The van der Waals surface area contributed by atoms with Crippen molar-refractivity contribution < 1.29 is 4.79 Å². The highest BCUT2D eigenvalue weighted by Gasteiger charge is 2.21. The molecule has 1 amide bonds. The molecule has 1 heterocycles. The van der Waals surface area contributed by atoms with Crippen LogP contribution in [0.25, 0.3) is 16.5 Å². The summed E-state index contributed by atoms with van der Waals surface area (Å²) in [6, 6.07) is 26.4. The molecule has 0 aliphatic rings. The van der Waals surface area contributed by atoms with E-state index < -0.39 is 0 Å². The van der Waals surface area contributed by atoms with E-state index in [0.29, 0.717) is 11.6 Å². The van der Waals surface area contributed by atoms with Gasteiger partial charge in [0.25, 0.3) is 0 Å². The van der Waals surface area contributed by atoms with Gasteiger partial charge in [-0.25, -0.2) is 4.68 Å². The van der Waals surface area contributed by atoms with Gasteiger partial charge in [0.2, 0.25) is 5.91 Å². The molecule has 0 spiro atoms. The molecule has 4 nitrogen and oxygen atoms in total.